The lowest BCUT2D eigenvalue weighted by atomic mass is 9.84. The highest BCUT2D eigenvalue weighted by atomic mass is 16.3. The summed E-state index contributed by atoms with van der Waals surface area (Å²) in [5.41, 5.74) is -0.425. The van der Waals surface area contributed by atoms with Crippen LogP contribution in [0.1, 0.15) is 58.8 Å². The highest BCUT2D eigenvalue weighted by Gasteiger charge is 2.31. The number of nitrogens with zero attached hydrogens (tertiary/aromatic N) is 1. The van der Waals surface area contributed by atoms with Crippen LogP contribution in [0, 0.1) is 5.92 Å². The third-order valence-corrected chi connectivity index (χ3v) is 5.23. The molecule has 3 nitrogen and oxygen atoms in total. The number of nitrogens with one attached hydrogen (secondary N) is 1. The van der Waals surface area contributed by atoms with Crippen LogP contribution < -0.4 is 5.32 Å². The molecule has 0 aromatic rings. The molecule has 0 radical (unpaired) electrons. The van der Waals surface area contributed by atoms with Crippen LogP contribution in [0.3, 0.4) is 0 Å². The van der Waals surface area contributed by atoms with Crippen molar-refractivity contribution >= 4 is 0 Å². The van der Waals surface area contributed by atoms with Gasteiger partial charge in [0.1, 0.15) is 0 Å². The van der Waals surface area contributed by atoms with Gasteiger partial charge in [-0.05, 0) is 51.6 Å². The van der Waals surface area contributed by atoms with E-state index in [0.717, 1.165) is 25.3 Å². The van der Waals surface area contributed by atoms with Crippen molar-refractivity contribution in [2.75, 3.05) is 26.2 Å². The lowest BCUT2D eigenvalue weighted by Crippen LogP contribution is -2.49. The molecule has 0 aromatic carbocycles. The Hall–Kier alpha value is -0.120. The van der Waals surface area contributed by atoms with Gasteiger partial charge in [0.15, 0.2) is 0 Å². The van der Waals surface area contributed by atoms with E-state index in [0.29, 0.717) is 6.04 Å². The molecule has 0 amide bonds. The third-order valence-electron chi connectivity index (χ3n) is 5.23. The van der Waals surface area contributed by atoms with Crippen LogP contribution in [0.2, 0.25) is 0 Å². The van der Waals surface area contributed by atoms with Crippen molar-refractivity contribution in [2.24, 2.45) is 5.92 Å². The molecule has 2 unspecified atom stereocenters. The summed E-state index contributed by atoms with van der Waals surface area (Å²) < 4.78 is 0. The summed E-state index contributed by atoms with van der Waals surface area (Å²) >= 11 is 0. The van der Waals surface area contributed by atoms with E-state index in [1.165, 1.54) is 51.7 Å². The first-order chi connectivity index (χ1) is 9.13. The fourth-order valence-electron chi connectivity index (χ4n) is 3.69. The maximum absolute atomic E-state index is 10.5. The zero-order chi connectivity index (χ0) is 13.7. The van der Waals surface area contributed by atoms with Gasteiger partial charge in [0, 0.05) is 19.1 Å². The maximum atomic E-state index is 10.5. The zero-order valence-corrected chi connectivity index (χ0v) is 12.8. The molecule has 2 atom stereocenters. The Bertz CT molecular complexity index is 263. The van der Waals surface area contributed by atoms with Crippen LogP contribution >= 0.6 is 0 Å². The fourth-order valence-corrected chi connectivity index (χ4v) is 3.69. The highest BCUT2D eigenvalue weighted by molar-refractivity contribution is 4.87. The molecule has 3 heteroatoms. The van der Waals surface area contributed by atoms with Gasteiger partial charge in [0.2, 0.25) is 0 Å². The average Bonchev–Trinajstić information content (AvgIpc) is 2.46. The number of piperidine rings is 1. The number of hydrogen-bond donors (Lipinski definition) is 2. The Kier molecular flexibility index (Phi) is 5.67. The van der Waals surface area contributed by atoms with Crippen LogP contribution in [0.5, 0.6) is 0 Å². The van der Waals surface area contributed by atoms with Gasteiger partial charge in [-0.1, -0.05) is 26.2 Å². The molecule has 1 saturated heterocycles. The third kappa shape index (κ3) is 4.44. The second kappa shape index (κ2) is 7.05. The lowest BCUT2D eigenvalue weighted by molar-refractivity contribution is 0.000194. The Morgan fingerprint density at radius 1 is 1.26 bits per heavy atom. The first kappa shape index (κ1) is 15.3. The van der Waals surface area contributed by atoms with Gasteiger partial charge in [-0.3, -0.25) is 0 Å². The maximum Gasteiger partial charge on any atom is 0.0771 e. The average molecular weight is 268 g/mol. The molecule has 2 fully saturated rings. The molecule has 1 heterocycles. The number of rotatable bonds is 5. The Labute approximate surface area is 118 Å². The van der Waals surface area contributed by atoms with E-state index in [-0.39, 0.29) is 0 Å². The number of aliphatic hydroxyl groups is 1. The fraction of sp³-hybridized carbons (Fsp3) is 1.00. The van der Waals surface area contributed by atoms with Gasteiger partial charge in [-0.15, -0.1) is 0 Å². The Morgan fingerprint density at radius 3 is 2.68 bits per heavy atom. The van der Waals surface area contributed by atoms with Gasteiger partial charge in [-0.25, -0.2) is 0 Å². The van der Waals surface area contributed by atoms with E-state index in [2.05, 4.69) is 24.1 Å². The summed E-state index contributed by atoms with van der Waals surface area (Å²) in [7, 11) is 0. The summed E-state index contributed by atoms with van der Waals surface area (Å²) in [5, 5.41) is 14.2. The van der Waals surface area contributed by atoms with Gasteiger partial charge < -0.3 is 15.3 Å². The van der Waals surface area contributed by atoms with Gasteiger partial charge in [-0.2, -0.15) is 0 Å². The Morgan fingerprint density at radius 2 is 2.00 bits per heavy atom. The molecule has 1 saturated carbocycles. The minimum absolute atomic E-state index is 0.425. The number of likely N-dealkylation sites (tertiary alicyclic amines) is 1. The Balaban J connectivity index is 1.75. The van der Waals surface area contributed by atoms with Crippen molar-refractivity contribution in [1.29, 1.82) is 0 Å². The van der Waals surface area contributed by atoms with Crippen molar-refractivity contribution in [3.8, 4) is 0 Å². The van der Waals surface area contributed by atoms with Crippen molar-refractivity contribution in [3.05, 3.63) is 0 Å². The summed E-state index contributed by atoms with van der Waals surface area (Å²) in [6, 6.07) is 0.528. The monoisotopic (exact) mass is 268 g/mol. The predicted molar refractivity (Wildman–Crippen MR) is 80.3 cm³/mol. The molecule has 0 bridgehead atoms. The van der Waals surface area contributed by atoms with E-state index in [4.69, 9.17) is 0 Å². The minimum Gasteiger partial charge on any atom is -0.389 e. The molecule has 0 spiro atoms. The first-order valence-corrected chi connectivity index (χ1v) is 8.31. The largest absolute Gasteiger partial charge is 0.389 e. The molecule has 2 N–H and O–H groups in total. The van der Waals surface area contributed by atoms with Crippen LogP contribution in [0.15, 0.2) is 0 Å². The van der Waals surface area contributed by atoms with Crippen LogP contribution in [-0.2, 0) is 0 Å². The summed E-state index contributed by atoms with van der Waals surface area (Å²) in [6.45, 7) is 9.01. The topological polar surface area (TPSA) is 35.5 Å². The van der Waals surface area contributed by atoms with Crippen LogP contribution in [0.4, 0.5) is 0 Å². The van der Waals surface area contributed by atoms with Gasteiger partial charge in [0.05, 0.1) is 5.60 Å². The molecule has 1 aliphatic heterocycles. The zero-order valence-electron chi connectivity index (χ0n) is 12.8. The van der Waals surface area contributed by atoms with E-state index in [1.54, 1.807) is 0 Å². The van der Waals surface area contributed by atoms with Crippen LogP contribution in [-0.4, -0.2) is 47.8 Å². The molecule has 1 aliphatic carbocycles. The second-order valence-electron chi connectivity index (χ2n) is 6.75. The molecule has 19 heavy (non-hydrogen) atoms. The van der Waals surface area contributed by atoms with Crippen LogP contribution in [0.25, 0.3) is 0 Å². The standard InChI is InChI=1S/C16H32N2O/c1-3-18-11-7-8-15(12-18)14(2)17-13-16(19)9-5-4-6-10-16/h14-15,17,19H,3-13H2,1-2H3. The van der Waals surface area contributed by atoms with E-state index < -0.39 is 5.60 Å². The summed E-state index contributed by atoms with van der Waals surface area (Å²) in [6.07, 6.45) is 8.32. The normalized spacial score (nSPS) is 30.2. The summed E-state index contributed by atoms with van der Waals surface area (Å²) in [4.78, 5) is 2.56. The quantitative estimate of drug-likeness (QED) is 0.803. The minimum atomic E-state index is -0.425. The number of hydrogen-bond acceptors (Lipinski definition) is 3. The van der Waals surface area contributed by atoms with E-state index >= 15 is 0 Å². The molecule has 2 rings (SSSR count). The van der Waals surface area contributed by atoms with Crippen molar-refractivity contribution in [2.45, 2.75) is 70.4 Å². The smallest absolute Gasteiger partial charge is 0.0771 e. The van der Waals surface area contributed by atoms with Crippen molar-refractivity contribution < 1.29 is 5.11 Å². The molecule has 0 aromatic heterocycles. The van der Waals surface area contributed by atoms with Crippen molar-refractivity contribution in [3.63, 3.8) is 0 Å². The molecule has 112 valence electrons. The van der Waals surface area contributed by atoms with Gasteiger partial charge in [0.25, 0.3) is 0 Å². The van der Waals surface area contributed by atoms with Crippen molar-refractivity contribution in [1.82, 2.24) is 10.2 Å². The molecular weight excluding hydrogens is 236 g/mol. The molecule has 2 aliphatic rings. The second-order valence-corrected chi connectivity index (χ2v) is 6.75. The highest BCUT2D eigenvalue weighted by Crippen LogP contribution is 2.28. The first-order valence-electron chi connectivity index (χ1n) is 8.31. The van der Waals surface area contributed by atoms with E-state index in [1.807, 2.05) is 0 Å². The molecular formula is C16H32N2O. The lowest BCUT2D eigenvalue weighted by Gasteiger charge is -2.38. The summed E-state index contributed by atoms with van der Waals surface area (Å²) in [5.74, 6) is 0.751. The van der Waals surface area contributed by atoms with Gasteiger partial charge >= 0.3 is 0 Å². The van der Waals surface area contributed by atoms with E-state index in [9.17, 15) is 5.11 Å². The SMILES string of the molecule is CCN1CCCC(C(C)NCC2(O)CCCCC2)C1. The predicted octanol–water partition coefficient (Wildman–Crippen LogP) is 2.39.